The second-order valence-corrected chi connectivity index (χ2v) is 4.58. The first-order valence-electron chi connectivity index (χ1n) is 4.31. The highest BCUT2D eigenvalue weighted by molar-refractivity contribution is 9.10. The summed E-state index contributed by atoms with van der Waals surface area (Å²) in [5, 5.41) is 10.7. The van der Waals surface area contributed by atoms with Crippen LogP contribution in [0.5, 0.6) is 0 Å². The Kier molecular flexibility index (Phi) is 4.96. The van der Waals surface area contributed by atoms with Crippen LogP contribution in [0.4, 0.5) is 0 Å². The fraction of sp³-hybridized carbons (Fsp3) is 0.0909. The van der Waals surface area contributed by atoms with Crippen molar-refractivity contribution in [1.82, 2.24) is 0 Å². The minimum absolute atomic E-state index is 0.0174. The smallest absolute Gasteiger partial charge is 0.349 e. The lowest BCUT2D eigenvalue weighted by atomic mass is 10.2. The first-order valence-corrected chi connectivity index (χ1v) is 5.98. The minimum atomic E-state index is -0.632. The predicted octanol–water partition coefficient (Wildman–Crippen LogP) is 3.15. The Morgan fingerprint density at radius 2 is 2.50 bits per heavy atom. The maximum Gasteiger partial charge on any atom is 0.349 e. The monoisotopic (exact) mass is 297 g/mol. The molecule has 0 radical (unpaired) electrons. The van der Waals surface area contributed by atoms with Crippen molar-refractivity contribution >= 4 is 39.3 Å². The van der Waals surface area contributed by atoms with Crippen molar-refractivity contribution < 1.29 is 9.53 Å². The van der Waals surface area contributed by atoms with Crippen molar-refractivity contribution in [3.05, 3.63) is 39.0 Å². The van der Waals surface area contributed by atoms with E-state index in [1.54, 1.807) is 0 Å². The van der Waals surface area contributed by atoms with Gasteiger partial charge in [-0.05, 0) is 28.1 Å². The summed E-state index contributed by atoms with van der Waals surface area (Å²) in [6.45, 7) is 3.52. The highest BCUT2D eigenvalue weighted by atomic mass is 79.9. The van der Waals surface area contributed by atoms with E-state index in [1.807, 2.05) is 17.5 Å². The third kappa shape index (κ3) is 3.65. The van der Waals surface area contributed by atoms with Crippen molar-refractivity contribution in [1.29, 1.82) is 5.26 Å². The Labute approximate surface area is 106 Å². The van der Waals surface area contributed by atoms with Gasteiger partial charge in [-0.1, -0.05) is 12.7 Å². The van der Waals surface area contributed by atoms with Gasteiger partial charge in [0.15, 0.2) is 0 Å². The Morgan fingerprint density at radius 3 is 3.00 bits per heavy atom. The third-order valence-electron chi connectivity index (χ3n) is 1.55. The molecule has 0 aromatic carbocycles. The van der Waals surface area contributed by atoms with E-state index in [1.165, 1.54) is 23.5 Å². The van der Waals surface area contributed by atoms with Gasteiger partial charge >= 0.3 is 5.97 Å². The fourth-order valence-corrected chi connectivity index (χ4v) is 2.27. The zero-order valence-electron chi connectivity index (χ0n) is 8.27. The molecule has 0 saturated heterocycles. The standard InChI is InChI=1S/C11H8BrNO2S/c1-2-3-15-11(14)8(6-13)4-10-5-9(12)7-16-10/h2,4-5,7H,1,3H2. The maximum absolute atomic E-state index is 11.4. The van der Waals surface area contributed by atoms with Crippen molar-refractivity contribution in [2.75, 3.05) is 6.61 Å². The number of thiophene rings is 1. The molecule has 0 N–H and O–H groups in total. The van der Waals surface area contributed by atoms with Gasteiger partial charge in [0.05, 0.1) is 0 Å². The molecule has 0 bridgehead atoms. The molecule has 1 heterocycles. The molecule has 0 aliphatic carbocycles. The van der Waals surface area contributed by atoms with Crippen LogP contribution >= 0.6 is 27.3 Å². The Morgan fingerprint density at radius 1 is 1.75 bits per heavy atom. The molecule has 1 aromatic rings. The molecule has 1 rings (SSSR count). The SMILES string of the molecule is C=CCOC(=O)C(C#N)=Cc1cc(Br)cs1. The first kappa shape index (κ1) is 12.7. The number of hydrogen-bond donors (Lipinski definition) is 0. The summed E-state index contributed by atoms with van der Waals surface area (Å²) in [4.78, 5) is 12.2. The molecule has 0 fully saturated rings. The number of ether oxygens (including phenoxy) is 1. The zero-order chi connectivity index (χ0) is 12.0. The van der Waals surface area contributed by atoms with Crippen LogP contribution in [0.25, 0.3) is 6.08 Å². The Hall–Kier alpha value is -1.38. The van der Waals surface area contributed by atoms with Crippen LogP contribution in [0, 0.1) is 11.3 Å². The molecule has 5 heteroatoms. The molecule has 82 valence electrons. The lowest BCUT2D eigenvalue weighted by molar-refractivity contribution is -0.137. The molecular formula is C11H8BrNO2S. The fourth-order valence-electron chi connectivity index (χ4n) is 0.895. The molecule has 0 saturated carbocycles. The van der Waals surface area contributed by atoms with E-state index in [0.717, 1.165) is 9.35 Å². The molecule has 0 unspecified atom stereocenters. The lowest BCUT2D eigenvalue weighted by Crippen LogP contribution is -2.06. The topological polar surface area (TPSA) is 50.1 Å². The second kappa shape index (κ2) is 6.26. The van der Waals surface area contributed by atoms with E-state index in [2.05, 4.69) is 22.5 Å². The maximum atomic E-state index is 11.4. The minimum Gasteiger partial charge on any atom is -0.457 e. The van der Waals surface area contributed by atoms with Crippen molar-refractivity contribution in [3.8, 4) is 6.07 Å². The molecule has 16 heavy (non-hydrogen) atoms. The van der Waals surface area contributed by atoms with Gasteiger partial charge in [-0.15, -0.1) is 11.3 Å². The molecule has 0 atom stereocenters. The number of nitriles is 1. The Bertz CT molecular complexity index is 471. The van der Waals surface area contributed by atoms with Gasteiger partial charge < -0.3 is 4.74 Å². The third-order valence-corrected chi connectivity index (χ3v) is 3.19. The van der Waals surface area contributed by atoms with Crippen LogP contribution in [0.2, 0.25) is 0 Å². The van der Waals surface area contributed by atoms with E-state index in [4.69, 9.17) is 10.00 Å². The van der Waals surface area contributed by atoms with Gasteiger partial charge in [0.1, 0.15) is 18.2 Å². The number of rotatable bonds is 4. The van der Waals surface area contributed by atoms with Crippen LogP contribution in [-0.4, -0.2) is 12.6 Å². The lowest BCUT2D eigenvalue weighted by Gasteiger charge is -1.98. The summed E-state index contributed by atoms with van der Waals surface area (Å²) >= 11 is 4.72. The molecule has 0 aliphatic rings. The first-order chi connectivity index (χ1) is 7.67. The predicted molar refractivity (Wildman–Crippen MR) is 66.8 cm³/mol. The van der Waals surface area contributed by atoms with Crippen molar-refractivity contribution in [3.63, 3.8) is 0 Å². The van der Waals surface area contributed by atoms with E-state index in [0.29, 0.717) is 0 Å². The number of esters is 1. The highest BCUT2D eigenvalue weighted by Gasteiger charge is 2.10. The van der Waals surface area contributed by atoms with Crippen LogP contribution in [0.1, 0.15) is 4.88 Å². The number of carbonyl (C=O) groups excluding carboxylic acids is 1. The van der Waals surface area contributed by atoms with E-state index in [-0.39, 0.29) is 12.2 Å². The average molecular weight is 298 g/mol. The van der Waals surface area contributed by atoms with E-state index >= 15 is 0 Å². The normalized spacial score (nSPS) is 10.6. The molecule has 0 spiro atoms. The number of hydrogen-bond acceptors (Lipinski definition) is 4. The summed E-state index contributed by atoms with van der Waals surface area (Å²) in [6.07, 6.45) is 2.95. The summed E-state index contributed by atoms with van der Waals surface area (Å²) < 4.78 is 5.69. The van der Waals surface area contributed by atoms with Crippen LogP contribution in [0.3, 0.4) is 0 Å². The summed E-state index contributed by atoms with van der Waals surface area (Å²) in [5.74, 6) is -0.632. The van der Waals surface area contributed by atoms with Crippen LogP contribution in [0.15, 0.2) is 34.1 Å². The van der Waals surface area contributed by atoms with Gasteiger partial charge in [0.2, 0.25) is 0 Å². The van der Waals surface area contributed by atoms with Crippen molar-refractivity contribution in [2.45, 2.75) is 0 Å². The quantitative estimate of drug-likeness (QED) is 0.371. The van der Waals surface area contributed by atoms with E-state index < -0.39 is 5.97 Å². The number of carbonyl (C=O) groups is 1. The van der Waals surface area contributed by atoms with Crippen LogP contribution in [-0.2, 0) is 9.53 Å². The molecule has 0 amide bonds. The van der Waals surface area contributed by atoms with Crippen molar-refractivity contribution in [2.24, 2.45) is 0 Å². The largest absolute Gasteiger partial charge is 0.457 e. The molecule has 0 aliphatic heterocycles. The molecular weight excluding hydrogens is 290 g/mol. The Balaban J connectivity index is 2.82. The van der Waals surface area contributed by atoms with Gasteiger partial charge in [0.25, 0.3) is 0 Å². The zero-order valence-corrected chi connectivity index (χ0v) is 10.7. The van der Waals surface area contributed by atoms with Gasteiger partial charge in [-0.3, -0.25) is 0 Å². The van der Waals surface area contributed by atoms with Crippen LogP contribution < -0.4 is 0 Å². The second-order valence-electron chi connectivity index (χ2n) is 2.72. The summed E-state index contributed by atoms with van der Waals surface area (Å²) in [5.41, 5.74) is -0.0174. The van der Waals surface area contributed by atoms with Gasteiger partial charge in [0, 0.05) is 14.7 Å². The number of nitrogens with zero attached hydrogens (tertiary/aromatic N) is 1. The number of halogens is 1. The molecule has 1 aromatic heterocycles. The average Bonchev–Trinajstić information content (AvgIpc) is 2.68. The summed E-state index contributed by atoms with van der Waals surface area (Å²) in [6, 6.07) is 3.63. The highest BCUT2D eigenvalue weighted by Crippen LogP contribution is 2.22. The van der Waals surface area contributed by atoms with Gasteiger partial charge in [-0.25, -0.2) is 4.79 Å². The van der Waals surface area contributed by atoms with E-state index in [9.17, 15) is 4.79 Å². The molecule has 3 nitrogen and oxygen atoms in total. The van der Waals surface area contributed by atoms with Gasteiger partial charge in [-0.2, -0.15) is 5.26 Å². The summed E-state index contributed by atoms with van der Waals surface area (Å²) in [7, 11) is 0.